The molecule has 1 unspecified atom stereocenters. The molecular formula is C75H122O6. The van der Waals surface area contributed by atoms with Gasteiger partial charge in [-0.25, -0.2) is 0 Å². The number of carbonyl (C=O) groups is 3. The molecule has 1 atom stereocenters. The first-order valence-corrected chi connectivity index (χ1v) is 33.3. The molecule has 0 spiro atoms. The summed E-state index contributed by atoms with van der Waals surface area (Å²) in [6, 6.07) is 0. The summed E-state index contributed by atoms with van der Waals surface area (Å²) in [5.41, 5.74) is 0. The number of ether oxygens (including phenoxy) is 3. The summed E-state index contributed by atoms with van der Waals surface area (Å²) < 4.78 is 16.9. The third-order valence-electron chi connectivity index (χ3n) is 13.8. The topological polar surface area (TPSA) is 78.9 Å². The van der Waals surface area contributed by atoms with Crippen LogP contribution in [0, 0.1) is 0 Å². The van der Waals surface area contributed by atoms with Crippen molar-refractivity contribution in [1.82, 2.24) is 0 Å². The first kappa shape index (κ1) is 76.3. The predicted octanol–water partition coefficient (Wildman–Crippen LogP) is 23.1. The molecule has 0 heterocycles. The molecular weight excluding hydrogens is 997 g/mol. The van der Waals surface area contributed by atoms with E-state index in [0.717, 1.165) is 135 Å². The lowest BCUT2D eigenvalue weighted by Crippen LogP contribution is -2.30. The van der Waals surface area contributed by atoms with E-state index in [2.05, 4.69) is 167 Å². The average Bonchev–Trinajstić information content (AvgIpc) is 3.47. The summed E-state index contributed by atoms with van der Waals surface area (Å²) in [6.07, 6.45) is 97.1. The first-order valence-electron chi connectivity index (χ1n) is 33.3. The van der Waals surface area contributed by atoms with Gasteiger partial charge in [-0.15, -0.1) is 0 Å². The quantitative estimate of drug-likeness (QED) is 0.0261. The van der Waals surface area contributed by atoms with Crippen molar-refractivity contribution in [3.63, 3.8) is 0 Å². The van der Waals surface area contributed by atoms with Crippen LogP contribution in [0.5, 0.6) is 0 Å². The van der Waals surface area contributed by atoms with Gasteiger partial charge < -0.3 is 14.2 Å². The molecule has 0 fully saturated rings. The summed E-state index contributed by atoms with van der Waals surface area (Å²) in [6.45, 7) is 6.45. The second kappa shape index (κ2) is 67.8. The largest absolute Gasteiger partial charge is 0.462 e. The van der Waals surface area contributed by atoms with E-state index in [1.807, 2.05) is 0 Å². The molecule has 0 bridgehead atoms. The zero-order valence-corrected chi connectivity index (χ0v) is 52.5. The third kappa shape index (κ3) is 66.0. The predicted molar refractivity (Wildman–Crippen MR) is 352 cm³/mol. The normalized spacial score (nSPS) is 13.1. The second-order valence-corrected chi connectivity index (χ2v) is 21.6. The van der Waals surface area contributed by atoms with Crippen LogP contribution in [-0.2, 0) is 28.6 Å². The molecule has 458 valence electrons. The molecule has 81 heavy (non-hydrogen) atoms. The van der Waals surface area contributed by atoms with Crippen LogP contribution in [0.25, 0.3) is 0 Å². The molecule has 0 radical (unpaired) electrons. The number of rotatable bonds is 59. The molecule has 0 saturated carbocycles. The Morgan fingerprint density at radius 3 is 0.802 bits per heavy atom. The highest BCUT2D eigenvalue weighted by molar-refractivity contribution is 5.71. The fourth-order valence-corrected chi connectivity index (χ4v) is 8.81. The van der Waals surface area contributed by atoms with Crippen LogP contribution in [0.2, 0.25) is 0 Å². The van der Waals surface area contributed by atoms with Crippen molar-refractivity contribution in [2.45, 2.75) is 297 Å². The number of carbonyl (C=O) groups excluding carboxylic acids is 3. The van der Waals surface area contributed by atoms with E-state index >= 15 is 0 Å². The molecule has 0 saturated heterocycles. The van der Waals surface area contributed by atoms with Crippen LogP contribution in [0.4, 0.5) is 0 Å². The fraction of sp³-hybridized carbons (Fsp3) is 0.640. The van der Waals surface area contributed by atoms with Gasteiger partial charge in [-0.3, -0.25) is 14.4 Å². The van der Waals surface area contributed by atoms with Crippen LogP contribution in [0.3, 0.4) is 0 Å². The number of esters is 3. The summed E-state index contributed by atoms with van der Waals surface area (Å²) in [5.74, 6) is -0.966. The van der Waals surface area contributed by atoms with E-state index in [4.69, 9.17) is 14.2 Å². The summed E-state index contributed by atoms with van der Waals surface area (Å²) >= 11 is 0. The van der Waals surface area contributed by atoms with Crippen molar-refractivity contribution >= 4 is 17.9 Å². The van der Waals surface area contributed by atoms with E-state index in [-0.39, 0.29) is 31.1 Å². The zero-order chi connectivity index (χ0) is 58.5. The van der Waals surface area contributed by atoms with Crippen LogP contribution >= 0.6 is 0 Å². The molecule has 0 aromatic carbocycles. The van der Waals surface area contributed by atoms with Gasteiger partial charge in [0, 0.05) is 19.3 Å². The molecule has 0 N–H and O–H groups in total. The van der Waals surface area contributed by atoms with Gasteiger partial charge in [-0.1, -0.05) is 269 Å². The lowest BCUT2D eigenvalue weighted by Gasteiger charge is -2.18. The number of hydrogen-bond acceptors (Lipinski definition) is 6. The highest BCUT2D eigenvalue weighted by Gasteiger charge is 2.19. The monoisotopic (exact) mass is 1120 g/mol. The summed E-state index contributed by atoms with van der Waals surface area (Å²) in [5, 5.41) is 0. The van der Waals surface area contributed by atoms with Gasteiger partial charge in [-0.2, -0.15) is 0 Å². The van der Waals surface area contributed by atoms with Gasteiger partial charge in [-0.05, 0) is 148 Å². The van der Waals surface area contributed by atoms with Crippen molar-refractivity contribution in [3.05, 3.63) is 146 Å². The highest BCUT2D eigenvalue weighted by Crippen LogP contribution is 2.15. The van der Waals surface area contributed by atoms with Crippen LogP contribution in [0.1, 0.15) is 290 Å². The lowest BCUT2D eigenvalue weighted by atomic mass is 10.1. The van der Waals surface area contributed by atoms with Crippen LogP contribution < -0.4 is 0 Å². The maximum absolute atomic E-state index is 12.9. The van der Waals surface area contributed by atoms with E-state index in [0.29, 0.717) is 25.7 Å². The Kier molecular flexibility index (Phi) is 63.9. The van der Waals surface area contributed by atoms with E-state index < -0.39 is 6.10 Å². The Hall–Kier alpha value is -4.71. The fourth-order valence-electron chi connectivity index (χ4n) is 8.81. The van der Waals surface area contributed by atoms with Gasteiger partial charge in [0.25, 0.3) is 0 Å². The first-order chi connectivity index (χ1) is 40.0. The van der Waals surface area contributed by atoms with Gasteiger partial charge >= 0.3 is 17.9 Å². The van der Waals surface area contributed by atoms with Crippen molar-refractivity contribution < 1.29 is 28.6 Å². The smallest absolute Gasteiger partial charge is 0.306 e. The molecule has 0 aliphatic heterocycles. The second-order valence-electron chi connectivity index (χ2n) is 21.6. The summed E-state index contributed by atoms with van der Waals surface area (Å²) in [4.78, 5) is 38.4. The minimum Gasteiger partial charge on any atom is -0.462 e. The maximum Gasteiger partial charge on any atom is 0.306 e. The van der Waals surface area contributed by atoms with Crippen molar-refractivity contribution in [1.29, 1.82) is 0 Å². The van der Waals surface area contributed by atoms with Gasteiger partial charge in [0.05, 0.1) is 0 Å². The number of allylic oxidation sites excluding steroid dienone is 24. The van der Waals surface area contributed by atoms with Crippen LogP contribution in [0.15, 0.2) is 146 Å². The molecule has 6 nitrogen and oxygen atoms in total. The Morgan fingerprint density at radius 2 is 0.481 bits per heavy atom. The maximum atomic E-state index is 12.9. The standard InChI is InChI=1S/C75H122O6/c1-4-7-10-13-16-19-22-25-28-30-32-34-35-36-37-38-39-41-42-44-47-50-53-56-59-62-65-68-74(77)80-71-72(70-79-73(76)67-64-61-58-55-52-49-46-27-24-21-18-15-12-9-6-3)81-75(78)69-66-63-60-57-54-51-48-45-43-40-33-31-29-26-23-20-17-14-11-8-5-2/h7,10,16,18-19,21,23,25-28,31-34,36-37,39,41,44,46-47,53,56,72H,4-6,8-9,11-15,17,20,22,24,29-30,35,38,40,42-43,45,48-52,54-55,57-71H2,1-3H3/b10-7-,19-16-,21-18-,26-23-,28-25-,33-31-,34-32-,37-36-,41-39-,46-27-,47-44-,56-53-. The van der Waals surface area contributed by atoms with Gasteiger partial charge in [0.15, 0.2) is 6.10 Å². The number of unbranched alkanes of at least 4 members (excludes halogenated alkanes) is 24. The van der Waals surface area contributed by atoms with Crippen molar-refractivity contribution in [2.24, 2.45) is 0 Å². The van der Waals surface area contributed by atoms with E-state index in [1.54, 1.807) is 0 Å². The van der Waals surface area contributed by atoms with Gasteiger partial charge in [0.1, 0.15) is 13.2 Å². The zero-order valence-electron chi connectivity index (χ0n) is 52.5. The SMILES string of the molecule is CC/C=C\C/C=C\C/C=C\C/C=C\C/C=C\C/C=C\C/C=C\C/C=C\CCCCC(=O)OCC(COC(=O)CCCCCCC/C=C\C/C=C\CCCCC)OC(=O)CCCCCCCCCCC/C=C\C/C=C\CCCCCCC. The average molecular weight is 1120 g/mol. The molecule has 0 aromatic rings. The van der Waals surface area contributed by atoms with Crippen molar-refractivity contribution in [3.8, 4) is 0 Å². The van der Waals surface area contributed by atoms with E-state index in [9.17, 15) is 14.4 Å². The summed E-state index contributed by atoms with van der Waals surface area (Å²) in [7, 11) is 0. The Bertz CT molecular complexity index is 1760. The molecule has 0 aliphatic rings. The Morgan fingerprint density at radius 1 is 0.259 bits per heavy atom. The lowest BCUT2D eigenvalue weighted by molar-refractivity contribution is -0.167. The highest BCUT2D eigenvalue weighted by atomic mass is 16.6. The minimum atomic E-state index is -0.812. The molecule has 0 aliphatic carbocycles. The molecule has 0 amide bonds. The molecule has 0 aromatic heterocycles. The van der Waals surface area contributed by atoms with Crippen molar-refractivity contribution in [2.75, 3.05) is 13.2 Å². The Balaban J connectivity index is 4.48. The van der Waals surface area contributed by atoms with Crippen LogP contribution in [-0.4, -0.2) is 37.2 Å². The minimum absolute atomic E-state index is 0.105. The molecule has 0 rings (SSSR count). The Labute approximate surface area is 499 Å². The van der Waals surface area contributed by atoms with E-state index in [1.165, 1.54) is 109 Å². The third-order valence-corrected chi connectivity index (χ3v) is 13.8. The molecule has 6 heteroatoms. The van der Waals surface area contributed by atoms with Gasteiger partial charge in [0.2, 0.25) is 0 Å². The number of hydrogen-bond donors (Lipinski definition) is 0.